The van der Waals surface area contributed by atoms with Crippen molar-refractivity contribution in [2.75, 3.05) is 13.2 Å². The fourth-order valence-corrected chi connectivity index (χ4v) is 8.29. The van der Waals surface area contributed by atoms with Crippen molar-refractivity contribution < 1.29 is 28.6 Å². The minimum Gasteiger partial charge on any atom is -0.462 e. The third-order valence-electron chi connectivity index (χ3n) is 12.6. The molecule has 0 rings (SSSR count). The van der Waals surface area contributed by atoms with E-state index in [1.54, 1.807) is 0 Å². The second kappa shape index (κ2) is 54.2. The molecule has 6 heteroatoms. The summed E-state index contributed by atoms with van der Waals surface area (Å²) in [5.41, 5.74) is 0. The van der Waals surface area contributed by atoms with Gasteiger partial charge in [0.2, 0.25) is 0 Å². The van der Waals surface area contributed by atoms with Crippen molar-refractivity contribution in [3.8, 4) is 0 Å². The van der Waals surface area contributed by atoms with E-state index >= 15 is 0 Å². The van der Waals surface area contributed by atoms with Crippen molar-refractivity contribution in [3.63, 3.8) is 0 Å². The van der Waals surface area contributed by atoms with E-state index in [0.29, 0.717) is 19.3 Å². The van der Waals surface area contributed by atoms with E-state index in [2.05, 4.69) is 57.2 Å². The Bertz CT molecular complexity index is 1090. The average Bonchev–Trinajstić information content (AvgIpc) is 3.30. The van der Waals surface area contributed by atoms with Crippen LogP contribution in [0.4, 0.5) is 0 Å². The molecule has 0 aromatic carbocycles. The van der Waals surface area contributed by atoms with Crippen LogP contribution < -0.4 is 0 Å². The third kappa shape index (κ3) is 52.5. The first-order valence-electron chi connectivity index (χ1n) is 28.5. The Balaban J connectivity index is 4.30. The summed E-state index contributed by atoms with van der Waals surface area (Å²) in [6.45, 7) is 6.63. The zero-order chi connectivity index (χ0) is 47.2. The summed E-state index contributed by atoms with van der Waals surface area (Å²) < 4.78 is 16.8. The van der Waals surface area contributed by atoms with Gasteiger partial charge < -0.3 is 14.2 Å². The highest BCUT2D eigenvalue weighted by Crippen LogP contribution is 2.16. The highest BCUT2D eigenvalue weighted by molar-refractivity contribution is 5.71. The van der Waals surface area contributed by atoms with Crippen LogP contribution in [0.15, 0.2) is 36.5 Å². The molecule has 0 aliphatic rings. The first-order chi connectivity index (χ1) is 32.0. The van der Waals surface area contributed by atoms with Gasteiger partial charge in [0.1, 0.15) is 13.2 Å². The first kappa shape index (κ1) is 62.6. The van der Waals surface area contributed by atoms with Gasteiger partial charge in [-0.3, -0.25) is 14.4 Å². The normalized spacial score (nSPS) is 12.2. The monoisotopic (exact) mass is 913 g/mol. The molecular weight excluding hydrogens is 805 g/mol. The Morgan fingerprint density at radius 3 is 0.877 bits per heavy atom. The minimum atomic E-state index is -0.774. The molecule has 0 fully saturated rings. The predicted octanol–water partition coefficient (Wildman–Crippen LogP) is 18.9. The second-order valence-corrected chi connectivity index (χ2v) is 19.2. The van der Waals surface area contributed by atoms with Gasteiger partial charge in [-0.05, 0) is 77.0 Å². The van der Waals surface area contributed by atoms with Crippen LogP contribution in [0.2, 0.25) is 0 Å². The van der Waals surface area contributed by atoms with Crippen LogP contribution in [0.25, 0.3) is 0 Å². The number of hydrogen-bond acceptors (Lipinski definition) is 6. The van der Waals surface area contributed by atoms with Crippen LogP contribution in [0, 0.1) is 0 Å². The van der Waals surface area contributed by atoms with E-state index in [4.69, 9.17) is 14.2 Å². The number of rotatable bonds is 52. The number of carbonyl (C=O) groups excluding carboxylic acids is 3. The summed E-state index contributed by atoms with van der Waals surface area (Å²) in [5, 5.41) is 0. The second-order valence-electron chi connectivity index (χ2n) is 19.2. The van der Waals surface area contributed by atoms with E-state index in [-0.39, 0.29) is 31.1 Å². The Morgan fingerprint density at radius 1 is 0.308 bits per heavy atom. The molecule has 0 aliphatic heterocycles. The maximum atomic E-state index is 12.8. The van der Waals surface area contributed by atoms with Crippen LogP contribution in [0.5, 0.6) is 0 Å². The minimum absolute atomic E-state index is 0.0733. The molecule has 1 atom stereocenters. The quantitative estimate of drug-likeness (QED) is 0.0262. The molecule has 0 amide bonds. The summed E-state index contributed by atoms with van der Waals surface area (Å²) in [7, 11) is 0. The Hall–Kier alpha value is -2.37. The lowest BCUT2D eigenvalue weighted by Gasteiger charge is -2.18. The Labute approximate surface area is 404 Å². The van der Waals surface area contributed by atoms with Gasteiger partial charge >= 0.3 is 17.9 Å². The summed E-state index contributed by atoms with van der Waals surface area (Å²) in [5.74, 6) is -0.872. The topological polar surface area (TPSA) is 78.9 Å². The van der Waals surface area contributed by atoms with Gasteiger partial charge in [-0.2, -0.15) is 0 Å². The van der Waals surface area contributed by atoms with Crippen molar-refractivity contribution in [1.82, 2.24) is 0 Å². The Kier molecular flexibility index (Phi) is 52.3. The van der Waals surface area contributed by atoms with Gasteiger partial charge in [0, 0.05) is 19.3 Å². The fraction of sp³-hybridized carbons (Fsp3) is 0.847. The molecular formula is C59H108O6. The smallest absolute Gasteiger partial charge is 0.306 e. The third-order valence-corrected chi connectivity index (χ3v) is 12.6. The average molecular weight is 914 g/mol. The van der Waals surface area contributed by atoms with E-state index in [9.17, 15) is 14.4 Å². The van der Waals surface area contributed by atoms with E-state index in [1.807, 2.05) is 0 Å². The van der Waals surface area contributed by atoms with Crippen molar-refractivity contribution in [2.45, 2.75) is 309 Å². The Morgan fingerprint density at radius 2 is 0.554 bits per heavy atom. The summed E-state index contributed by atoms with van der Waals surface area (Å²) in [4.78, 5) is 38.1. The lowest BCUT2D eigenvalue weighted by Crippen LogP contribution is -2.30. The number of hydrogen-bond donors (Lipinski definition) is 0. The number of esters is 3. The van der Waals surface area contributed by atoms with Gasteiger partial charge in [0.15, 0.2) is 6.10 Å². The van der Waals surface area contributed by atoms with Crippen molar-refractivity contribution >= 4 is 17.9 Å². The molecule has 1 unspecified atom stereocenters. The number of unbranched alkanes of at least 4 members (excludes halogenated alkanes) is 35. The van der Waals surface area contributed by atoms with E-state index in [0.717, 1.165) is 70.6 Å². The molecule has 0 saturated carbocycles. The number of allylic oxidation sites excluding steroid dienone is 6. The molecule has 0 aliphatic carbocycles. The van der Waals surface area contributed by atoms with Gasteiger partial charge in [0.25, 0.3) is 0 Å². The maximum Gasteiger partial charge on any atom is 0.306 e. The number of carbonyl (C=O) groups is 3. The predicted molar refractivity (Wildman–Crippen MR) is 279 cm³/mol. The summed E-state index contributed by atoms with van der Waals surface area (Å²) in [6.07, 6.45) is 64.2. The van der Waals surface area contributed by atoms with Gasteiger partial charge in [-0.15, -0.1) is 0 Å². The lowest BCUT2D eigenvalue weighted by atomic mass is 10.0. The zero-order valence-corrected chi connectivity index (χ0v) is 43.5. The number of ether oxygens (including phenoxy) is 3. The molecule has 6 nitrogen and oxygen atoms in total. The molecule has 0 heterocycles. The van der Waals surface area contributed by atoms with Crippen molar-refractivity contribution in [2.24, 2.45) is 0 Å². The fourth-order valence-electron chi connectivity index (χ4n) is 8.29. The van der Waals surface area contributed by atoms with Crippen LogP contribution in [0.1, 0.15) is 303 Å². The van der Waals surface area contributed by atoms with Crippen molar-refractivity contribution in [3.05, 3.63) is 36.5 Å². The maximum absolute atomic E-state index is 12.8. The van der Waals surface area contributed by atoms with Gasteiger partial charge in [-0.25, -0.2) is 0 Å². The van der Waals surface area contributed by atoms with E-state index < -0.39 is 6.10 Å². The van der Waals surface area contributed by atoms with Crippen LogP contribution in [0.3, 0.4) is 0 Å². The van der Waals surface area contributed by atoms with Crippen molar-refractivity contribution in [1.29, 1.82) is 0 Å². The SMILES string of the molecule is CCCCCC/C=C\CCCCCCCC(=O)OC(COC(=O)CCCCCCCCCCC/C=C\C/C=C\CCCCCCC)COC(=O)CCCCCCCCCCCCCCC. The lowest BCUT2D eigenvalue weighted by molar-refractivity contribution is -0.167. The molecule has 0 aromatic heterocycles. The van der Waals surface area contributed by atoms with Crippen LogP contribution in [-0.4, -0.2) is 37.2 Å². The molecule has 0 spiro atoms. The standard InChI is InChI=1S/C59H108O6/c1-4-7-10-13-16-19-22-25-26-27-28-29-30-31-32-35-37-40-43-46-49-52-58(61)64-55-56(65-59(62)53-50-47-44-41-38-34-24-21-18-15-12-9-6-3)54-63-57(60)51-48-45-42-39-36-33-23-20-17-14-11-8-5-2/h21-22,24-25,27-28,56H,4-20,23,26,29-55H2,1-3H3/b24-21-,25-22-,28-27-. The van der Waals surface area contributed by atoms with Crippen LogP contribution in [-0.2, 0) is 28.6 Å². The highest BCUT2D eigenvalue weighted by Gasteiger charge is 2.19. The molecule has 380 valence electrons. The molecule has 65 heavy (non-hydrogen) atoms. The molecule has 0 saturated heterocycles. The summed E-state index contributed by atoms with van der Waals surface area (Å²) in [6, 6.07) is 0. The molecule has 0 bridgehead atoms. The van der Waals surface area contributed by atoms with Gasteiger partial charge in [0.05, 0.1) is 0 Å². The zero-order valence-electron chi connectivity index (χ0n) is 43.5. The first-order valence-corrected chi connectivity index (χ1v) is 28.5. The molecule has 0 N–H and O–H groups in total. The van der Waals surface area contributed by atoms with E-state index in [1.165, 1.54) is 193 Å². The van der Waals surface area contributed by atoms with Crippen LogP contribution >= 0.6 is 0 Å². The highest BCUT2D eigenvalue weighted by atomic mass is 16.6. The summed E-state index contributed by atoms with van der Waals surface area (Å²) >= 11 is 0. The molecule has 0 radical (unpaired) electrons. The molecule has 0 aromatic rings. The van der Waals surface area contributed by atoms with Gasteiger partial charge in [-0.1, -0.05) is 243 Å². The largest absolute Gasteiger partial charge is 0.462 e.